The Morgan fingerprint density at radius 3 is 2.52 bits per heavy atom. The van der Waals surface area contributed by atoms with E-state index in [1.807, 2.05) is 0 Å². The van der Waals surface area contributed by atoms with Crippen LogP contribution in [0.2, 0.25) is 0 Å². The highest BCUT2D eigenvalue weighted by Gasteiger charge is 2.67. The second kappa shape index (κ2) is 5.34. The fourth-order valence-electron chi connectivity index (χ4n) is 7.97. The fourth-order valence-corrected chi connectivity index (χ4v) is 7.97. The first-order valence-electron chi connectivity index (χ1n) is 10.2. The van der Waals surface area contributed by atoms with E-state index in [9.17, 15) is 9.90 Å². The van der Waals surface area contributed by atoms with E-state index in [-0.39, 0.29) is 34.4 Å². The molecule has 1 N–H and O–H groups in total. The lowest BCUT2D eigenvalue weighted by Gasteiger charge is -2.65. The monoisotopic (exact) mass is 346 g/mol. The lowest BCUT2D eigenvalue weighted by molar-refractivity contribution is -0.206. The number of ether oxygens (including phenoxy) is 1. The summed E-state index contributed by atoms with van der Waals surface area (Å²) in [6.45, 7) is 12.9. The van der Waals surface area contributed by atoms with E-state index in [0.29, 0.717) is 17.8 Å². The molecule has 0 aromatic carbocycles. The SMILES string of the molecule is C=C1[C@@H]2CC[C@H]3[C@]4(C)CC[C@@H](OC(C)=O)C(C)(C)[C@H]4CC[C@]3(C2)[C@@H]1O. The first-order chi connectivity index (χ1) is 11.6. The molecule has 0 amide bonds. The van der Waals surface area contributed by atoms with Gasteiger partial charge in [0.05, 0.1) is 6.10 Å². The van der Waals surface area contributed by atoms with Crippen LogP contribution in [0.15, 0.2) is 12.2 Å². The molecular weight excluding hydrogens is 312 g/mol. The van der Waals surface area contributed by atoms with E-state index >= 15 is 0 Å². The first kappa shape index (κ1) is 17.6. The maximum absolute atomic E-state index is 11.6. The summed E-state index contributed by atoms with van der Waals surface area (Å²) in [6, 6.07) is 0. The van der Waals surface area contributed by atoms with Crippen molar-refractivity contribution in [3.63, 3.8) is 0 Å². The van der Waals surface area contributed by atoms with E-state index < -0.39 is 0 Å². The third kappa shape index (κ3) is 2.17. The van der Waals surface area contributed by atoms with Crippen LogP contribution in [0.4, 0.5) is 0 Å². The highest BCUT2D eigenvalue weighted by molar-refractivity contribution is 5.66. The molecule has 4 saturated carbocycles. The molecule has 4 aliphatic rings. The first-order valence-corrected chi connectivity index (χ1v) is 10.2. The zero-order valence-electron chi connectivity index (χ0n) is 16.3. The van der Waals surface area contributed by atoms with Gasteiger partial charge in [0.15, 0.2) is 0 Å². The van der Waals surface area contributed by atoms with Crippen molar-refractivity contribution in [2.75, 3.05) is 0 Å². The van der Waals surface area contributed by atoms with Gasteiger partial charge in [-0.05, 0) is 73.7 Å². The summed E-state index contributed by atoms with van der Waals surface area (Å²) in [4.78, 5) is 11.6. The number of fused-ring (bicyclic) bond motifs is 3. The zero-order chi connectivity index (χ0) is 18.2. The van der Waals surface area contributed by atoms with Crippen LogP contribution in [0.25, 0.3) is 0 Å². The van der Waals surface area contributed by atoms with Crippen molar-refractivity contribution in [2.45, 2.75) is 84.8 Å². The Kier molecular flexibility index (Phi) is 3.76. The molecular formula is C22H34O3. The molecule has 4 rings (SSSR count). The van der Waals surface area contributed by atoms with Gasteiger partial charge in [-0.15, -0.1) is 0 Å². The number of carbonyl (C=O) groups excluding carboxylic acids is 1. The molecule has 0 unspecified atom stereocenters. The zero-order valence-corrected chi connectivity index (χ0v) is 16.3. The number of hydrogen-bond acceptors (Lipinski definition) is 3. The summed E-state index contributed by atoms with van der Waals surface area (Å²) in [5.74, 6) is 1.50. The van der Waals surface area contributed by atoms with Gasteiger partial charge in [0.25, 0.3) is 0 Å². The van der Waals surface area contributed by atoms with Gasteiger partial charge in [0.1, 0.15) is 6.10 Å². The average Bonchev–Trinajstić information content (AvgIpc) is 2.71. The van der Waals surface area contributed by atoms with Gasteiger partial charge in [-0.2, -0.15) is 0 Å². The van der Waals surface area contributed by atoms with Crippen LogP contribution >= 0.6 is 0 Å². The van der Waals surface area contributed by atoms with Crippen molar-refractivity contribution < 1.29 is 14.6 Å². The van der Waals surface area contributed by atoms with E-state index in [2.05, 4.69) is 27.4 Å². The third-order valence-corrected chi connectivity index (χ3v) is 9.02. The minimum Gasteiger partial charge on any atom is -0.462 e. The number of hydrogen-bond donors (Lipinski definition) is 1. The summed E-state index contributed by atoms with van der Waals surface area (Å²) in [5.41, 5.74) is 1.40. The molecule has 0 aromatic heterocycles. The summed E-state index contributed by atoms with van der Waals surface area (Å²) in [6.07, 6.45) is 7.57. The average molecular weight is 347 g/mol. The van der Waals surface area contributed by atoms with Crippen molar-refractivity contribution in [1.82, 2.24) is 0 Å². The van der Waals surface area contributed by atoms with Crippen LogP contribution in [0.3, 0.4) is 0 Å². The Hall–Kier alpha value is -0.830. The number of carbonyl (C=O) groups is 1. The highest BCUT2D eigenvalue weighted by atomic mass is 16.5. The normalized spacial score (nSPS) is 50.8. The third-order valence-electron chi connectivity index (χ3n) is 9.02. The molecule has 25 heavy (non-hydrogen) atoms. The largest absolute Gasteiger partial charge is 0.462 e. The summed E-state index contributed by atoms with van der Waals surface area (Å²) in [5, 5.41) is 11.1. The molecule has 3 nitrogen and oxygen atoms in total. The molecule has 140 valence electrons. The van der Waals surface area contributed by atoms with Crippen molar-refractivity contribution in [2.24, 2.45) is 34.0 Å². The standard InChI is InChI=1S/C22H34O3/c1-13-15-6-7-17-21(5)10-9-18(25-14(2)23)20(3,4)16(21)8-11-22(17,12-15)19(13)24/h15-19,24H,1,6-12H2,2-5H3/t15-,16-,17+,18-,19-,21-,22-/m1/s1. The van der Waals surface area contributed by atoms with Gasteiger partial charge < -0.3 is 9.84 Å². The molecule has 0 heterocycles. The molecule has 4 aliphatic carbocycles. The number of aliphatic hydroxyl groups is 1. The maximum atomic E-state index is 11.6. The fraction of sp³-hybridized carbons (Fsp3) is 0.864. The Morgan fingerprint density at radius 2 is 1.84 bits per heavy atom. The number of rotatable bonds is 1. The lowest BCUT2D eigenvalue weighted by atomic mass is 9.40. The summed E-state index contributed by atoms with van der Waals surface area (Å²) < 4.78 is 5.73. The van der Waals surface area contributed by atoms with E-state index in [4.69, 9.17) is 4.74 Å². The molecule has 7 atom stereocenters. The molecule has 4 fully saturated rings. The predicted molar refractivity (Wildman–Crippen MR) is 97.8 cm³/mol. The van der Waals surface area contributed by atoms with Crippen LogP contribution in [0.1, 0.15) is 72.6 Å². The molecule has 1 spiro atoms. The molecule has 3 heteroatoms. The minimum absolute atomic E-state index is 0.00229. The van der Waals surface area contributed by atoms with Gasteiger partial charge in [-0.25, -0.2) is 0 Å². The maximum Gasteiger partial charge on any atom is 0.302 e. The number of aliphatic hydroxyl groups excluding tert-OH is 1. The Labute approximate surface area is 152 Å². The molecule has 0 radical (unpaired) electrons. The van der Waals surface area contributed by atoms with Crippen LogP contribution in [0, 0.1) is 34.0 Å². The molecule has 0 aliphatic heterocycles. The highest BCUT2D eigenvalue weighted by Crippen LogP contribution is 2.72. The topological polar surface area (TPSA) is 46.5 Å². The second-order valence-electron chi connectivity index (χ2n) is 10.3. The van der Waals surface area contributed by atoms with Crippen LogP contribution < -0.4 is 0 Å². The Bertz CT molecular complexity index is 608. The minimum atomic E-state index is -0.308. The summed E-state index contributed by atoms with van der Waals surface area (Å²) >= 11 is 0. The van der Waals surface area contributed by atoms with Gasteiger partial charge >= 0.3 is 5.97 Å². The quantitative estimate of drug-likeness (QED) is 0.562. The van der Waals surface area contributed by atoms with E-state index in [1.54, 1.807) is 0 Å². The second-order valence-corrected chi connectivity index (χ2v) is 10.3. The van der Waals surface area contributed by atoms with Crippen molar-refractivity contribution in [1.29, 1.82) is 0 Å². The van der Waals surface area contributed by atoms with Crippen LogP contribution in [-0.2, 0) is 9.53 Å². The molecule has 0 saturated heterocycles. The Morgan fingerprint density at radius 1 is 1.12 bits per heavy atom. The van der Waals surface area contributed by atoms with Gasteiger partial charge in [0.2, 0.25) is 0 Å². The van der Waals surface area contributed by atoms with Gasteiger partial charge in [0, 0.05) is 17.8 Å². The molecule has 2 bridgehead atoms. The smallest absolute Gasteiger partial charge is 0.302 e. The predicted octanol–water partition coefficient (Wildman–Crippen LogP) is 4.49. The van der Waals surface area contributed by atoms with Crippen molar-refractivity contribution in [3.05, 3.63) is 12.2 Å². The summed E-state index contributed by atoms with van der Waals surface area (Å²) in [7, 11) is 0. The molecule has 0 aromatic rings. The van der Waals surface area contributed by atoms with Gasteiger partial charge in [-0.3, -0.25) is 4.79 Å². The lowest BCUT2D eigenvalue weighted by Crippen LogP contribution is -2.61. The van der Waals surface area contributed by atoms with Crippen molar-refractivity contribution in [3.8, 4) is 0 Å². The van der Waals surface area contributed by atoms with E-state index in [0.717, 1.165) is 37.7 Å². The van der Waals surface area contributed by atoms with Crippen molar-refractivity contribution >= 4 is 5.97 Å². The number of esters is 1. The Balaban J connectivity index is 1.69. The van der Waals surface area contributed by atoms with Crippen LogP contribution in [-0.4, -0.2) is 23.3 Å². The van der Waals surface area contributed by atoms with Gasteiger partial charge in [-0.1, -0.05) is 27.4 Å². The van der Waals surface area contributed by atoms with Crippen LogP contribution in [0.5, 0.6) is 0 Å². The van der Waals surface area contributed by atoms with E-state index in [1.165, 1.54) is 19.8 Å².